The number of rotatable bonds is 9. The molecule has 0 unspecified atom stereocenters. The number of hydrogen-bond acceptors (Lipinski definition) is 3. The molecule has 4 atom stereocenters. The molecule has 1 heterocycles. The van der Waals surface area contributed by atoms with E-state index in [2.05, 4.69) is 27.7 Å². The van der Waals surface area contributed by atoms with Crippen LogP contribution >= 0.6 is 0 Å². The van der Waals surface area contributed by atoms with Gasteiger partial charge in [0, 0.05) is 13.1 Å². The largest absolute Gasteiger partial charge is 0.356 e. The van der Waals surface area contributed by atoms with Gasteiger partial charge in [-0.15, -0.1) is 0 Å². The second-order valence-corrected chi connectivity index (χ2v) is 11.0. The smallest absolute Gasteiger partial charge is 0.224 e. The first-order valence-electron chi connectivity index (χ1n) is 13.2. The van der Waals surface area contributed by atoms with Crippen LogP contribution in [0.1, 0.15) is 70.6 Å². The molecule has 3 saturated carbocycles. The first-order chi connectivity index (χ1) is 15.2. The van der Waals surface area contributed by atoms with Crippen molar-refractivity contribution in [2.24, 2.45) is 35.0 Å². The maximum Gasteiger partial charge on any atom is 0.224 e. The molecule has 1 aliphatic heterocycles. The summed E-state index contributed by atoms with van der Waals surface area (Å²) >= 11 is 0. The molecule has 5 aliphatic rings. The number of likely N-dealkylation sites (tertiary alicyclic amines) is 1. The van der Waals surface area contributed by atoms with Crippen LogP contribution in [0.4, 0.5) is 0 Å². The predicted octanol–water partition coefficient (Wildman–Crippen LogP) is 3.50. The van der Waals surface area contributed by atoms with Crippen LogP contribution in [0.2, 0.25) is 0 Å². The van der Waals surface area contributed by atoms with Crippen LogP contribution < -0.4 is 10.6 Å². The van der Waals surface area contributed by atoms with Crippen molar-refractivity contribution < 1.29 is 9.59 Å². The molecule has 1 spiro atoms. The zero-order chi connectivity index (χ0) is 21.3. The van der Waals surface area contributed by atoms with E-state index < -0.39 is 0 Å². The number of hydrogen-bond donors (Lipinski definition) is 2. The lowest BCUT2D eigenvalue weighted by Gasteiger charge is -2.28. The Balaban J connectivity index is 1.14. The summed E-state index contributed by atoms with van der Waals surface area (Å²) in [7, 11) is 0. The summed E-state index contributed by atoms with van der Waals surface area (Å²) in [6.07, 6.45) is 18.1. The van der Waals surface area contributed by atoms with Gasteiger partial charge in [-0.25, -0.2) is 0 Å². The van der Waals surface area contributed by atoms with E-state index in [-0.39, 0.29) is 40.9 Å². The minimum Gasteiger partial charge on any atom is -0.356 e. The Morgan fingerprint density at radius 2 is 1.48 bits per heavy atom. The van der Waals surface area contributed by atoms with Crippen LogP contribution in [0.15, 0.2) is 12.2 Å². The molecule has 0 radical (unpaired) electrons. The summed E-state index contributed by atoms with van der Waals surface area (Å²) in [4.78, 5) is 29.1. The molecule has 4 aliphatic carbocycles. The van der Waals surface area contributed by atoms with Crippen molar-refractivity contribution >= 4 is 11.8 Å². The lowest BCUT2D eigenvalue weighted by atomic mass is 9.81. The van der Waals surface area contributed by atoms with E-state index in [1.54, 1.807) is 0 Å². The monoisotopic (exact) mass is 427 g/mol. The van der Waals surface area contributed by atoms with E-state index in [0.29, 0.717) is 5.92 Å². The summed E-state index contributed by atoms with van der Waals surface area (Å²) in [5.74, 6) is 1.12. The molecule has 172 valence electrons. The number of carbonyl (C=O) groups is 2. The van der Waals surface area contributed by atoms with Crippen LogP contribution in [0.5, 0.6) is 0 Å². The number of nitrogens with zero attached hydrogens (tertiary/aromatic N) is 1. The number of unbranched alkanes of at least 4 members (excludes halogenated alkanes) is 1. The van der Waals surface area contributed by atoms with Gasteiger partial charge >= 0.3 is 0 Å². The Kier molecular flexibility index (Phi) is 6.41. The van der Waals surface area contributed by atoms with Crippen LogP contribution in [-0.2, 0) is 9.59 Å². The number of carbonyl (C=O) groups excluding carboxylic acids is 2. The highest BCUT2D eigenvalue weighted by molar-refractivity contribution is 5.90. The van der Waals surface area contributed by atoms with Gasteiger partial charge in [0.1, 0.15) is 0 Å². The van der Waals surface area contributed by atoms with Gasteiger partial charge in [0.05, 0.1) is 11.8 Å². The standard InChI is InChI=1S/C26H41N3O2/c30-24(27-14-4-5-15-29-16-6-7-17-29)22-20-10-11-21(26(20)12-13-26)23(22)25(31)28-18-19-8-2-1-3-9-19/h10-11,19-23H,1-9,12-18H2,(H,27,30)(H,28,31)/t20-,21+,22-,23-/m1/s1. The highest BCUT2D eigenvalue weighted by Gasteiger charge is 2.69. The summed E-state index contributed by atoms with van der Waals surface area (Å²) in [6, 6.07) is 0. The van der Waals surface area contributed by atoms with Gasteiger partial charge in [-0.3, -0.25) is 9.59 Å². The van der Waals surface area contributed by atoms with Crippen LogP contribution in [-0.4, -0.2) is 49.4 Å². The Hall–Kier alpha value is -1.36. The van der Waals surface area contributed by atoms with Crippen molar-refractivity contribution in [1.82, 2.24) is 15.5 Å². The molecular weight excluding hydrogens is 386 g/mol. The Morgan fingerprint density at radius 1 is 0.839 bits per heavy atom. The fourth-order valence-corrected chi connectivity index (χ4v) is 7.26. The van der Waals surface area contributed by atoms with Gasteiger partial charge in [0.2, 0.25) is 11.8 Å². The molecule has 2 N–H and O–H groups in total. The predicted molar refractivity (Wildman–Crippen MR) is 122 cm³/mol. The zero-order valence-corrected chi connectivity index (χ0v) is 19.1. The van der Waals surface area contributed by atoms with E-state index in [4.69, 9.17) is 0 Å². The molecule has 2 amide bonds. The van der Waals surface area contributed by atoms with E-state index in [0.717, 1.165) is 32.5 Å². The summed E-state index contributed by atoms with van der Waals surface area (Å²) in [6.45, 7) is 5.18. The molecule has 4 fully saturated rings. The third kappa shape index (κ3) is 4.31. The lowest BCUT2D eigenvalue weighted by molar-refractivity contribution is -0.135. The van der Waals surface area contributed by atoms with Gasteiger partial charge in [-0.2, -0.15) is 0 Å². The van der Waals surface area contributed by atoms with Crippen molar-refractivity contribution in [3.63, 3.8) is 0 Å². The van der Waals surface area contributed by atoms with E-state index in [1.807, 2.05) is 0 Å². The molecule has 2 bridgehead atoms. The van der Waals surface area contributed by atoms with Gasteiger partial charge in [-0.1, -0.05) is 31.4 Å². The van der Waals surface area contributed by atoms with Gasteiger partial charge < -0.3 is 15.5 Å². The Labute approximate surface area is 187 Å². The minimum atomic E-state index is -0.164. The van der Waals surface area contributed by atoms with Gasteiger partial charge in [-0.05, 0) is 94.2 Å². The third-order valence-electron chi connectivity index (χ3n) is 9.14. The molecule has 0 aromatic heterocycles. The third-order valence-corrected chi connectivity index (χ3v) is 9.14. The highest BCUT2D eigenvalue weighted by Crippen LogP contribution is 2.72. The number of nitrogens with one attached hydrogen (secondary N) is 2. The number of allylic oxidation sites excluding steroid dienone is 2. The van der Waals surface area contributed by atoms with Gasteiger partial charge in [0.15, 0.2) is 0 Å². The lowest BCUT2D eigenvalue weighted by Crippen LogP contribution is -2.45. The van der Waals surface area contributed by atoms with Gasteiger partial charge in [0.25, 0.3) is 0 Å². The van der Waals surface area contributed by atoms with E-state index in [1.165, 1.54) is 70.9 Å². The first kappa shape index (κ1) is 21.5. The molecule has 5 rings (SSSR count). The minimum absolute atomic E-state index is 0.127. The fraction of sp³-hybridized carbons (Fsp3) is 0.846. The van der Waals surface area contributed by atoms with Crippen LogP contribution in [0.3, 0.4) is 0 Å². The van der Waals surface area contributed by atoms with E-state index in [9.17, 15) is 9.59 Å². The fourth-order valence-electron chi connectivity index (χ4n) is 7.26. The summed E-state index contributed by atoms with van der Waals surface area (Å²) in [5.41, 5.74) is 0.227. The second kappa shape index (κ2) is 9.25. The van der Waals surface area contributed by atoms with Crippen molar-refractivity contribution in [3.8, 4) is 0 Å². The quantitative estimate of drug-likeness (QED) is 0.437. The average Bonchev–Trinajstić information content (AvgIpc) is 3.15. The molecule has 5 nitrogen and oxygen atoms in total. The van der Waals surface area contributed by atoms with Crippen LogP contribution in [0, 0.1) is 35.0 Å². The highest BCUT2D eigenvalue weighted by atomic mass is 16.2. The van der Waals surface area contributed by atoms with Crippen molar-refractivity contribution in [3.05, 3.63) is 12.2 Å². The summed E-state index contributed by atoms with van der Waals surface area (Å²) in [5, 5.41) is 6.50. The Morgan fingerprint density at radius 3 is 2.13 bits per heavy atom. The molecule has 0 aromatic rings. The first-order valence-corrected chi connectivity index (χ1v) is 13.2. The second-order valence-electron chi connectivity index (χ2n) is 11.0. The maximum absolute atomic E-state index is 13.3. The zero-order valence-electron chi connectivity index (χ0n) is 19.1. The topological polar surface area (TPSA) is 61.4 Å². The number of amides is 2. The SMILES string of the molecule is O=C(NCCCCN1CCCC1)[C@H]1[C@H](C(=O)NCC2CCCCC2)[C@@H]2C=C[C@H]1C21CC1. The average molecular weight is 428 g/mol. The summed E-state index contributed by atoms with van der Waals surface area (Å²) < 4.78 is 0. The van der Waals surface area contributed by atoms with Crippen molar-refractivity contribution in [2.75, 3.05) is 32.7 Å². The molecule has 31 heavy (non-hydrogen) atoms. The normalized spacial score (nSPS) is 33.8. The van der Waals surface area contributed by atoms with Crippen LogP contribution in [0.25, 0.3) is 0 Å². The Bertz CT molecular complexity index is 689. The van der Waals surface area contributed by atoms with Crippen molar-refractivity contribution in [1.29, 1.82) is 0 Å². The molecule has 0 aromatic carbocycles. The molecular formula is C26H41N3O2. The molecule has 1 saturated heterocycles. The molecule has 5 heteroatoms. The maximum atomic E-state index is 13.3. The van der Waals surface area contributed by atoms with Crippen molar-refractivity contribution in [2.45, 2.75) is 70.6 Å². The van der Waals surface area contributed by atoms with E-state index >= 15 is 0 Å².